The molecular weight excluding hydrogens is 120 g/mol. The predicted octanol–water partition coefficient (Wildman–Crippen LogP) is 4.42. The fourth-order valence-corrected chi connectivity index (χ4v) is 0.204. The van der Waals surface area contributed by atoms with Crippen molar-refractivity contribution in [3.05, 3.63) is 11.6 Å². The summed E-state index contributed by atoms with van der Waals surface area (Å²) in [5, 5.41) is 0. The van der Waals surface area contributed by atoms with Crippen molar-refractivity contribution in [2.45, 2.75) is 54.9 Å². The van der Waals surface area contributed by atoms with Gasteiger partial charge in [0.15, 0.2) is 0 Å². The minimum absolute atomic E-state index is 1.19. The molecule has 0 amide bonds. The molecule has 0 rings (SSSR count). The van der Waals surface area contributed by atoms with Crippen molar-refractivity contribution in [1.29, 1.82) is 0 Å². The Morgan fingerprint density at radius 3 is 1.40 bits per heavy atom. The van der Waals surface area contributed by atoms with Crippen molar-refractivity contribution in [2.75, 3.05) is 0 Å². The van der Waals surface area contributed by atoms with E-state index in [0.717, 1.165) is 0 Å². The molecule has 0 fully saturated rings. The van der Waals surface area contributed by atoms with Gasteiger partial charge in [-0.05, 0) is 20.3 Å². The molecule has 0 aliphatic heterocycles. The molecule has 0 aromatic heterocycles. The van der Waals surface area contributed by atoms with E-state index in [-0.39, 0.29) is 0 Å². The first-order valence-corrected chi connectivity index (χ1v) is 4.43. The molecule has 0 radical (unpaired) electrons. The Kier molecular flexibility index (Phi) is 38.2. The lowest BCUT2D eigenvalue weighted by molar-refractivity contribution is 1.09. The quantitative estimate of drug-likeness (QED) is 0.478. The Hall–Kier alpha value is -0.260. The van der Waals surface area contributed by atoms with Gasteiger partial charge in [0.25, 0.3) is 0 Å². The van der Waals surface area contributed by atoms with Crippen molar-refractivity contribution in [2.24, 2.45) is 0 Å². The molecule has 0 nitrogen and oxygen atoms in total. The highest BCUT2D eigenvalue weighted by Crippen LogP contribution is 1.94. The molecule has 0 atom stereocenters. The van der Waals surface area contributed by atoms with Crippen molar-refractivity contribution in [3.63, 3.8) is 0 Å². The molecule has 10 heavy (non-hydrogen) atoms. The van der Waals surface area contributed by atoms with E-state index in [2.05, 4.69) is 26.8 Å². The van der Waals surface area contributed by atoms with E-state index in [1.807, 2.05) is 27.7 Å². The summed E-state index contributed by atoms with van der Waals surface area (Å²) in [4.78, 5) is 0. The second-order valence-electron chi connectivity index (χ2n) is 1.49. The fraction of sp³-hybridized carbons (Fsp3) is 0.800. The van der Waals surface area contributed by atoms with Crippen LogP contribution in [0.25, 0.3) is 0 Å². The summed E-state index contributed by atoms with van der Waals surface area (Å²) >= 11 is 0. The molecule has 0 spiro atoms. The van der Waals surface area contributed by atoms with Crippen molar-refractivity contribution < 1.29 is 0 Å². The topological polar surface area (TPSA) is 0 Å². The summed E-state index contributed by atoms with van der Waals surface area (Å²) in [6.07, 6.45) is 3.33. The third-order valence-electron chi connectivity index (χ3n) is 1.05. The van der Waals surface area contributed by atoms with Crippen LogP contribution in [0.4, 0.5) is 0 Å². The van der Waals surface area contributed by atoms with Crippen LogP contribution in [0.2, 0.25) is 0 Å². The number of hydrogen-bond acceptors (Lipinski definition) is 0. The Labute approximate surface area is 67.3 Å². The van der Waals surface area contributed by atoms with Crippen LogP contribution in [0.3, 0.4) is 0 Å². The molecule has 0 aliphatic rings. The lowest BCUT2D eigenvalue weighted by atomic mass is 10.2. The Bertz CT molecular complexity index is 51.1. The molecule has 0 heteroatoms. The summed E-state index contributed by atoms with van der Waals surface area (Å²) in [7, 11) is 0. The van der Waals surface area contributed by atoms with Gasteiger partial charge in [-0.2, -0.15) is 0 Å². The average molecular weight is 144 g/mol. The largest absolute Gasteiger partial charge is 0.0887 e. The van der Waals surface area contributed by atoms with Gasteiger partial charge >= 0.3 is 0 Å². The van der Waals surface area contributed by atoms with Crippen molar-refractivity contribution in [1.82, 2.24) is 0 Å². The highest BCUT2D eigenvalue weighted by molar-refractivity contribution is 4.93. The van der Waals surface area contributed by atoms with E-state index in [9.17, 15) is 0 Å². The van der Waals surface area contributed by atoms with Crippen LogP contribution >= 0.6 is 0 Å². The summed E-state index contributed by atoms with van der Waals surface area (Å²) in [5.41, 5.74) is 1.47. The smallest absolute Gasteiger partial charge is 0.0352 e. The maximum atomic E-state index is 2.16. The predicted molar refractivity (Wildman–Crippen MR) is 52.4 cm³/mol. The van der Waals surface area contributed by atoms with E-state index >= 15 is 0 Å². The van der Waals surface area contributed by atoms with Crippen molar-refractivity contribution >= 4 is 0 Å². The summed E-state index contributed by atoms with van der Waals surface area (Å²) in [6, 6.07) is 0. The zero-order valence-corrected chi connectivity index (χ0v) is 8.78. The maximum absolute atomic E-state index is 2.16. The molecule has 0 aromatic rings. The molecule has 0 aliphatic carbocycles. The minimum atomic E-state index is 1.19. The third-order valence-corrected chi connectivity index (χ3v) is 1.05. The molecule has 0 bridgehead atoms. The molecule has 0 aromatic carbocycles. The molecule has 0 saturated heterocycles. The van der Waals surface area contributed by atoms with E-state index in [0.29, 0.717) is 0 Å². The number of allylic oxidation sites excluding steroid dienone is 2. The Morgan fingerprint density at radius 1 is 1.10 bits per heavy atom. The normalized spacial score (nSPS) is 8.50. The van der Waals surface area contributed by atoms with Gasteiger partial charge in [0.05, 0.1) is 0 Å². The zero-order chi connectivity index (χ0) is 8.99. The van der Waals surface area contributed by atoms with Gasteiger partial charge in [0.2, 0.25) is 0 Å². The van der Waals surface area contributed by atoms with Gasteiger partial charge in [-0.1, -0.05) is 46.3 Å². The maximum Gasteiger partial charge on any atom is -0.0352 e. The van der Waals surface area contributed by atoms with E-state index in [1.165, 1.54) is 12.0 Å². The first kappa shape index (κ1) is 16.4. The number of rotatable bonds is 1. The highest BCUT2D eigenvalue weighted by atomic mass is 13.8. The van der Waals surface area contributed by atoms with Crippen LogP contribution in [-0.2, 0) is 0 Å². The first-order chi connectivity index (χ1) is 4.81. The molecular formula is C10H24. The highest BCUT2D eigenvalue weighted by Gasteiger charge is 1.73. The monoisotopic (exact) mass is 144 g/mol. The standard InChI is InChI=1S/C6H12.2C2H6/c1-4-6(3)5-2;2*1-2/h4H,5H2,1-3H3;2*1-2H3/b6-4+;;. The van der Waals surface area contributed by atoms with Crippen LogP contribution in [0.15, 0.2) is 11.6 Å². The Balaban J connectivity index is -0.000000105. The molecule has 0 unspecified atom stereocenters. The SMILES string of the molecule is C/C=C(\C)CC.CC.CC. The molecule has 0 N–H and O–H groups in total. The Morgan fingerprint density at radius 2 is 1.40 bits per heavy atom. The van der Waals surface area contributed by atoms with Gasteiger partial charge in [0.1, 0.15) is 0 Å². The minimum Gasteiger partial charge on any atom is -0.0887 e. The molecule has 0 heterocycles. The molecule has 64 valence electrons. The zero-order valence-electron chi connectivity index (χ0n) is 8.78. The fourth-order valence-electron chi connectivity index (χ4n) is 0.204. The summed E-state index contributed by atoms with van der Waals surface area (Å²) in [5.74, 6) is 0. The van der Waals surface area contributed by atoms with E-state index in [1.54, 1.807) is 0 Å². The number of hydrogen-bond donors (Lipinski definition) is 0. The van der Waals surface area contributed by atoms with Crippen molar-refractivity contribution in [3.8, 4) is 0 Å². The van der Waals surface area contributed by atoms with Crippen LogP contribution in [-0.4, -0.2) is 0 Å². The first-order valence-electron chi connectivity index (χ1n) is 4.43. The summed E-state index contributed by atoms with van der Waals surface area (Å²) < 4.78 is 0. The van der Waals surface area contributed by atoms with Gasteiger partial charge in [-0.15, -0.1) is 0 Å². The second-order valence-corrected chi connectivity index (χ2v) is 1.49. The van der Waals surface area contributed by atoms with Gasteiger partial charge in [-0.25, -0.2) is 0 Å². The lowest BCUT2D eigenvalue weighted by Gasteiger charge is -1.85. The van der Waals surface area contributed by atoms with Crippen LogP contribution in [0.5, 0.6) is 0 Å². The second kappa shape index (κ2) is 23.3. The summed E-state index contributed by atoms with van der Waals surface area (Å²) in [6.45, 7) is 14.4. The average Bonchev–Trinajstić information content (AvgIpc) is 2.10. The van der Waals surface area contributed by atoms with Gasteiger partial charge in [0, 0.05) is 0 Å². The van der Waals surface area contributed by atoms with Gasteiger partial charge < -0.3 is 0 Å². The van der Waals surface area contributed by atoms with Crippen LogP contribution in [0, 0.1) is 0 Å². The third kappa shape index (κ3) is 25.1. The van der Waals surface area contributed by atoms with Crippen LogP contribution < -0.4 is 0 Å². The van der Waals surface area contributed by atoms with Gasteiger partial charge in [-0.3, -0.25) is 0 Å². The van der Waals surface area contributed by atoms with Crippen LogP contribution in [0.1, 0.15) is 54.9 Å². The molecule has 0 saturated carbocycles. The van der Waals surface area contributed by atoms with E-state index < -0.39 is 0 Å². The lowest BCUT2D eigenvalue weighted by Crippen LogP contribution is -1.63. The van der Waals surface area contributed by atoms with E-state index in [4.69, 9.17) is 0 Å².